The Labute approximate surface area is 167 Å². The number of aliphatic hydroxyl groups excluding tert-OH is 1. The summed E-state index contributed by atoms with van der Waals surface area (Å²) >= 11 is 0. The maximum absolute atomic E-state index is 12.5. The van der Waals surface area contributed by atoms with Crippen LogP contribution in [0, 0.1) is 5.41 Å². The molecule has 0 aromatic heterocycles. The molecular weight excluding hydrogens is 378 g/mol. The highest BCUT2D eigenvalue weighted by Gasteiger charge is 2.57. The Kier molecular flexibility index (Phi) is 6.16. The fourth-order valence-corrected chi connectivity index (χ4v) is 4.89. The molecule has 1 amide bonds. The van der Waals surface area contributed by atoms with Crippen molar-refractivity contribution in [2.24, 2.45) is 5.41 Å². The van der Waals surface area contributed by atoms with Gasteiger partial charge in [-0.1, -0.05) is 56.9 Å². The molecule has 3 saturated heterocycles. The molecule has 0 radical (unpaired) electrons. The molecule has 3 heterocycles. The molecule has 2 bridgehead atoms. The number of carbonyl (C=O) groups excluding carboxylic acids is 1. The molecule has 8 heteroatoms. The van der Waals surface area contributed by atoms with Gasteiger partial charge in [0, 0.05) is 13.5 Å². The van der Waals surface area contributed by atoms with Crippen molar-refractivity contribution in [3.63, 3.8) is 0 Å². The zero-order chi connectivity index (χ0) is 20.4. The monoisotopic (exact) mass is 409 g/mol. The second-order valence-corrected chi connectivity index (χ2v) is 14.8. The smallest absolute Gasteiger partial charge is 0.408 e. The summed E-state index contributed by atoms with van der Waals surface area (Å²) in [7, 11) is -1.63. The number of carbonyl (C=O) groups is 1. The molecule has 2 atom stereocenters. The maximum atomic E-state index is 12.5. The average molecular weight is 410 g/mol. The number of nitrogens with one attached hydrogen (secondary N) is 1. The van der Waals surface area contributed by atoms with Crippen molar-refractivity contribution in [3.8, 4) is 0 Å². The Bertz CT molecular complexity index is 652. The van der Waals surface area contributed by atoms with Gasteiger partial charge in [-0.05, 0) is 11.6 Å². The first-order chi connectivity index (χ1) is 13.1. The first-order valence-corrected chi connectivity index (χ1v) is 13.4. The van der Waals surface area contributed by atoms with Crippen molar-refractivity contribution in [2.45, 2.75) is 57.3 Å². The molecule has 7 nitrogen and oxygen atoms in total. The summed E-state index contributed by atoms with van der Waals surface area (Å²) in [6, 6.07) is 9.10. The van der Waals surface area contributed by atoms with E-state index in [9.17, 15) is 9.90 Å². The summed E-state index contributed by atoms with van der Waals surface area (Å²) in [6.45, 7) is 9.96. The molecule has 2 N–H and O–H groups in total. The lowest BCUT2D eigenvalue weighted by Gasteiger charge is -2.53. The fraction of sp³-hybridized carbons (Fsp3) is 0.650. The molecule has 1 aromatic rings. The number of amides is 1. The summed E-state index contributed by atoms with van der Waals surface area (Å²) in [5, 5.41) is 13.7. The predicted molar refractivity (Wildman–Crippen MR) is 106 cm³/mol. The lowest BCUT2D eigenvalue weighted by molar-refractivity contribution is -0.477. The molecule has 3 aliphatic heterocycles. The highest BCUT2D eigenvalue weighted by molar-refractivity contribution is 6.76. The molecule has 28 heavy (non-hydrogen) atoms. The minimum absolute atomic E-state index is 0.136. The van der Waals surface area contributed by atoms with Crippen LogP contribution in [0.2, 0.25) is 25.7 Å². The number of fused-ring (bicyclic) bond motifs is 3. The number of benzene rings is 1. The Morgan fingerprint density at radius 3 is 2.29 bits per heavy atom. The van der Waals surface area contributed by atoms with E-state index in [0.717, 1.165) is 5.56 Å². The predicted octanol–water partition coefficient (Wildman–Crippen LogP) is 2.72. The van der Waals surface area contributed by atoms with E-state index in [4.69, 9.17) is 18.9 Å². The standard InChI is InChI=1S/C20H31NO6Si/c1-19-12-25-20(26-13-19,27-14-19)17(16(22)11-28(2,3)4)21-18(23)24-10-15-8-6-5-7-9-15/h5-9,16-17,22H,10-14H2,1-4H3,(H,21,23)/t16-,17-,19?,20?/m0/s1. The number of aliphatic hydroxyl groups is 1. The maximum Gasteiger partial charge on any atom is 0.408 e. The Hall–Kier alpha value is -1.45. The number of ether oxygens (including phenoxy) is 4. The van der Waals surface area contributed by atoms with Crippen LogP contribution in [0.3, 0.4) is 0 Å². The molecular formula is C20H31NO6Si. The van der Waals surface area contributed by atoms with E-state index >= 15 is 0 Å². The van der Waals surface area contributed by atoms with E-state index in [1.807, 2.05) is 37.3 Å². The van der Waals surface area contributed by atoms with Gasteiger partial charge in [0.1, 0.15) is 12.6 Å². The normalized spacial score (nSPS) is 29.2. The van der Waals surface area contributed by atoms with Crippen molar-refractivity contribution in [1.29, 1.82) is 0 Å². The van der Waals surface area contributed by atoms with E-state index in [-0.39, 0.29) is 12.0 Å². The highest BCUT2D eigenvalue weighted by atomic mass is 28.3. The van der Waals surface area contributed by atoms with E-state index in [2.05, 4.69) is 25.0 Å². The van der Waals surface area contributed by atoms with Crippen LogP contribution in [0.4, 0.5) is 4.79 Å². The quantitative estimate of drug-likeness (QED) is 0.674. The zero-order valence-corrected chi connectivity index (χ0v) is 18.1. The first-order valence-electron chi connectivity index (χ1n) is 9.68. The van der Waals surface area contributed by atoms with Crippen LogP contribution >= 0.6 is 0 Å². The van der Waals surface area contributed by atoms with Crippen LogP contribution < -0.4 is 5.32 Å². The van der Waals surface area contributed by atoms with Gasteiger partial charge in [-0.2, -0.15) is 0 Å². The summed E-state index contributed by atoms with van der Waals surface area (Å²) < 4.78 is 22.9. The van der Waals surface area contributed by atoms with Crippen molar-refractivity contribution in [1.82, 2.24) is 5.32 Å². The molecule has 1 aromatic carbocycles. The number of hydrogen-bond donors (Lipinski definition) is 2. The lowest BCUT2D eigenvalue weighted by Crippen LogP contribution is -2.70. The van der Waals surface area contributed by atoms with Gasteiger partial charge in [-0.15, -0.1) is 0 Å². The van der Waals surface area contributed by atoms with Crippen molar-refractivity contribution >= 4 is 14.2 Å². The van der Waals surface area contributed by atoms with Gasteiger partial charge in [0.25, 0.3) is 0 Å². The van der Waals surface area contributed by atoms with E-state index in [1.165, 1.54) is 0 Å². The number of rotatable bonds is 7. The average Bonchev–Trinajstić information content (AvgIpc) is 2.65. The molecule has 156 valence electrons. The van der Waals surface area contributed by atoms with Gasteiger partial charge >= 0.3 is 12.1 Å². The number of hydrogen-bond acceptors (Lipinski definition) is 6. The van der Waals surface area contributed by atoms with E-state index in [0.29, 0.717) is 25.9 Å². The minimum atomic E-state index is -1.63. The van der Waals surface area contributed by atoms with Gasteiger partial charge in [0.15, 0.2) is 0 Å². The van der Waals surface area contributed by atoms with Crippen LogP contribution in [0.5, 0.6) is 0 Å². The third kappa shape index (κ3) is 5.12. The highest BCUT2D eigenvalue weighted by Crippen LogP contribution is 2.41. The summed E-state index contributed by atoms with van der Waals surface area (Å²) in [6.07, 6.45) is -1.52. The van der Waals surface area contributed by atoms with Crippen LogP contribution in [-0.4, -0.2) is 57.2 Å². The second kappa shape index (κ2) is 8.12. The molecule has 0 spiro atoms. The van der Waals surface area contributed by atoms with Crippen LogP contribution in [-0.2, 0) is 25.6 Å². The molecule has 3 fully saturated rings. The summed E-state index contributed by atoms with van der Waals surface area (Å²) in [5.41, 5.74) is 0.675. The number of alkyl carbamates (subject to hydrolysis) is 1. The van der Waals surface area contributed by atoms with E-state index < -0.39 is 32.3 Å². The van der Waals surface area contributed by atoms with Crippen molar-refractivity contribution in [3.05, 3.63) is 35.9 Å². The second-order valence-electron chi connectivity index (χ2n) is 9.30. The van der Waals surface area contributed by atoms with Gasteiger partial charge in [0.2, 0.25) is 0 Å². The lowest BCUT2D eigenvalue weighted by atomic mass is 9.90. The van der Waals surface area contributed by atoms with Crippen LogP contribution in [0.15, 0.2) is 30.3 Å². The van der Waals surface area contributed by atoms with Gasteiger partial charge in [-0.3, -0.25) is 0 Å². The molecule has 0 unspecified atom stereocenters. The van der Waals surface area contributed by atoms with Gasteiger partial charge < -0.3 is 29.4 Å². The van der Waals surface area contributed by atoms with E-state index in [1.54, 1.807) is 0 Å². The Morgan fingerprint density at radius 2 is 1.75 bits per heavy atom. The van der Waals surface area contributed by atoms with Crippen LogP contribution in [0.1, 0.15) is 12.5 Å². The molecule has 0 saturated carbocycles. The Balaban J connectivity index is 1.70. The summed E-state index contributed by atoms with van der Waals surface area (Å²) in [4.78, 5) is 12.5. The summed E-state index contributed by atoms with van der Waals surface area (Å²) in [5.74, 6) is -1.48. The fourth-order valence-electron chi connectivity index (χ4n) is 3.40. The topological polar surface area (TPSA) is 86.3 Å². The van der Waals surface area contributed by atoms with Gasteiger partial charge in [-0.25, -0.2) is 4.79 Å². The first kappa shape index (κ1) is 21.3. The molecule has 3 aliphatic rings. The van der Waals surface area contributed by atoms with Crippen molar-refractivity contribution < 1.29 is 28.8 Å². The molecule has 4 rings (SSSR count). The Morgan fingerprint density at radius 1 is 1.18 bits per heavy atom. The zero-order valence-electron chi connectivity index (χ0n) is 17.1. The minimum Gasteiger partial charge on any atom is -0.445 e. The van der Waals surface area contributed by atoms with Crippen LogP contribution in [0.25, 0.3) is 0 Å². The third-order valence-electron chi connectivity index (χ3n) is 4.94. The largest absolute Gasteiger partial charge is 0.445 e. The van der Waals surface area contributed by atoms with Crippen molar-refractivity contribution in [2.75, 3.05) is 19.8 Å². The molecule has 0 aliphatic carbocycles. The van der Waals surface area contributed by atoms with Gasteiger partial charge in [0.05, 0.1) is 25.9 Å². The third-order valence-corrected chi connectivity index (χ3v) is 6.58. The SMILES string of the molecule is CC12COC([C@@H](NC(=O)OCc3ccccc3)[C@@H](O)C[Si](C)(C)C)(OC1)OC2.